The molecule has 3 nitrogen and oxygen atoms in total. The lowest BCUT2D eigenvalue weighted by Crippen LogP contribution is -3.00. The molecule has 0 bridgehead atoms. The van der Waals surface area contributed by atoms with Gasteiger partial charge in [-0.2, -0.15) is 0 Å². The quantitative estimate of drug-likeness (QED) is 0.355. The number of benzene rings is 2. The zero-order valence-electron chi connectivity index (χ0n) is 11.6. The van der Waals surface area contributed by atoms with Crippen molar-refractivity contribution in [3.8, 4) is 11.5 Å². The summed E-state index contributed by atoms with van der Waals surface area (Å²) in [4.78, 5) is 0. The highest BCUT2D eigenvalue weighted by Gasteiger charge is 2.23. The smallest absolute Gasteiger partial charge is 0.408 e. The zero-order valence-corrected chi connectivity index (χ0v) is 14.5. The molecule has 0 saturated carbocycles. The monoisotopic (exact) mass is 410 g/mol. The topological polar surface area (TPSA) is 29.9 Å². The second-order valence-corrected chi connectivity index (χ2v) is 5.14. The van der Waals surface area contributed by atoms with Crippen LogP contribution < -0.4 is 28.7 Å². The van der Waals surface area contributed by atoms with Gasteiger partial charge >= 0.3 is 11.1 Å². The molecule has 1 aromatic heterocycles. The van der Waals surface area contributed by atoms with Crippen LogP contribution in [0, 0.1) is 0 Å². The minimum absolute atomic E-state index is 0. The van der Waals surface area contributed by atoms with Gasteiger partial charge < -0.3 is 28.4 Å². The molecule has 0 amide bonds. The van der Waals surface area contributed by atoms with Crippen LogP contribution in [-0.2, 0) is 6.54 Å². The van der Waals surface area contributed by atoms with Crippen LogP contribution in [-0.4, -0.2) is 11.4 Å². The molecule has 0 spiro atoms. The summed E-state index contributed by atoms with van der Waals surface area (Å²) in [6.07, 6.45) is 1.97. The molecule has 0 fully saturated rings. The third kappa shape index (κ3) is 3.85. The molecule has 0 radical (unpaired) electrons. The van der Waals surface area contributed by atoms with E-state index in [0.717, 1.165) is 11.5 Å². The van der Waals surface area contributed by atoms with Crippen molar-refractivity contribution in [3.05, 3.63) is 66.2 Å². The van der Waals surface area contributed by atoms with E-state index >= 15 is 0 Å². The second-order valence-electron chi connectivity index (χ2n) is 4.39. The van der Waals surface area contributed by atoms with Crippen LogP contribution in [0.25, 0.3) is 11.5 Å². The number of thioether (sulfide) groups is 1. The lowest BCUT2D eigenvalue weighted by atomic mass is 10.2. The van der Waals surface area contributed by atoms with Crippen LogP contribution >= 0.6 is 11.8 Å². The summed E-state index contributed by atoms with van der Waals surface area (Å²) in [6.45, 7) is 0.703. The molecular formula is C16H15IN2OS. The fraction of sp³-hybridized carbons (Fsp3) is 0.125. The fourth-order valence-electron chi connectivity index (χ4n) is 2.03. The SMILES string of the molecule is CSc1n[n+](Cc2ccccc2)c(-c2ccccc2)o1.[I-]. The molecule has 1 heterocycles. The van der Waals surface area contributed by atoms with Crippen molar-refractivity contribution >= 4 is 11.8 Å². The van der Waals surface area contributed by atoms with Gasteiger partial charge in [0.2, 0.25) is 6.54 Å². The Balaban J connectivity index is 0.00000161. The number of hydrogen-bond donors (Lipinski definition) is 0. The summed E-state index contributed by atoms with van der Waals surface area (Å²) < 4.78 is 7.75. The molecule has 3 rings (SSSR count). The Kier molecular flexibility index (Phi) is 5.81. The van der Waals surface area contributed by atoms with Crippen LogP contribution in [0.15, 0.2) is 70.3 Å². The standard InChI is InChI=1S/C16H15N2OS.HI/c1-20-16-17-18(12-13-8-4-2-5-9-13)15(19-16)14-10-6-3-7-11-14;/h2-11H,12H2,1H3;1H/q+1;/p-1. The van der Waals surface area contributed by atoms with Gasteiger partial charge in [-0.05, 0) is 23.1 Å². The van der Waals surface area contributed by atoms with E-state index < -0.39 is 0 Å². The minimum atomic E-state index is 0. The van der Waals surface area contributed by atoms with Gasteiger partial charge in [0.05, 0.1) is 10.7 Å². The summed E-state index contributed by atoms with van der Waals surface area (Å²) >= 11 is 1.51. The molecule has 0 atom stereocenters. The van der Waals surface area contributed by atoms with Crippen LogP contribution in [0.3, 0.4) is 0 Å². The summed E-state index contributed by atoms with van der Waals surface area (Å²) in [5.41, 5.74) is 2.24. The minimum Gasteiger partial charge on any atom is -1.00 e. The van der Waals surface area contributed by atoms with E-state index in [1.165, 1.54) is 17.3 Å². The number of halogens is 1. The highest BCUT2D eigenvalue weighted by Crippen LogP contribution is 2.20. The first kappa shape index (κ1) is 16.0. The van der Waals surface area contributed by atoms with Crippen LogP contribution in [0.5, 0.6) is 0 Å². The summed E-state index contributed by atoms with van der Waals surface area (Å²) in [6, 6.07) is 20.3. The first-order chi connectivity index (χ1) is 9.86. The van der Waals surface area contributed by atoms with Gasteiger partial charge in [0.25, 0.3) is 0 Å². The number of nitrogens with zero attached hydrogens (tertiary/aromatic N) is 2. The number of rotatable bonds is 4. The molecule has 0 aliphatic rings. The summed E-state index contributed by atoms with van der Waals surface area (Å²) in [5, 5.41) is 5.19. The van der Waals surface area contributed by atoms with E-state index in [1.807, 2.05) is 59.5 Å². The van der Waals surface area contributed by atoms with Gasteiger partial charge in [-0.25, -0.2) is 0 Å². The third-order valence-electron chi connectivity index (χ3n) is 2.99. The maximum Gasteiger partial charge on any atom is 0.408 e. The lowest BCUT2D eigenvalue weighted by Gasteiger charge is -1.95. The maximum atomic E-state index is 5.84. The zero-order chi connectivity index (χ0) is 13.8. The molecule has 0 saturated heterocycles. The van der Waals surface area contributed by atoms with Crippen LogP contribution in [0.1, 0.15) is 5.56 Å². The van der Waals surface area contributed by atoms with Gasteiger partial charge in [-0.1, -0.05) is 60.3 Å². The summed E-state index contributed by atoms with van der Waals surface area (Å²) in [5.74, 6) is 0.791. The molecule has 21 heavy (non-hydrogen) atoms. The molecule has 0 unspecified atom stereocenters. The first-order valence-electron chi connectivity index (χ1n) is 6.41. The average molecular weight is 410 g/mol. The lowest BCUT2D eigenvalue weighted by molar-refractivity contribution is -0.737. The Morgan fingerprint density at radius 1 is 1.00 bits per heavy atom. The van der Waals surface area contributed by atoms with Crippen LogP contribution in [0.2, 0.25) is 0 Å². The Hall–Kier alpha value is -1.34. The number of hydrogen-bond acceptors (Lipinski definition) is 3. The summed E-state index contributed by atoms with van der Waals surface area (Å²) in [7, 11) is 0. The van der Waals surface area contributed by atoms with Gasteiger partial charge in [0.1, 0.15) is 0 Å². The van der Waals surface area contributed by atoms with E-state index in [-0.39, 0.29) is 24.0 Å². The second kappa shape index (κ2) is 7.61. The molecule has 0 N–H and O–H groups in total. The van der Waals surface area contributed by atoms with E-state index in [2.05, 4.69) is 17.2 Å². The van der Waals surface area contributed by atoms with Gasteiger partial charge in [-0.15, -0.1) is 0 Å². The maximum absolute atomic E-state index is 5.84. The molecule has 108 valence electrons. The van der Waals surface area contributed by atoms with Crippen molar-refractivity contribution in [1.29, 1.82) is 0 Å². The Morgan fingerprint density at radius 2 is 1.62 bits per heavy atom. The molecular weight excluding hydrogens is 395 g/mol. The largest absolute Gasteiger partial charge is 1.00 e. The first-order valence-corrected chi connectivity index (χ1v) is 7.63. The van der Waals surface area contributed by atoms with Crippen molar-refractivity contribution in [3.63, 3.8) is 0 Å². The van der Waals surface area contributed by atoms with Crippen molar-refractivity contribution in [2.75, 3.05) is 6.26 Å². The predicted molar refractivity (Wildman–Crippen MR) is 79.5 cm³/mol. The van der Waals surface area contributed by atoms with Crippen LogP contribution in [0.4, 0.5) is 0 Å². The van der Waals surface area contributed by atoms with Gasteiger partial charge in [-0.3, -0.25) is 0 Å². The fourth-order valence-corrected chi connectivity index (χ4v) is 2.38. The Labute approximate surface area is 145 Å². The van der Waals surface area contributed by atoms with Gasteiger partial charge in [0.15, 0.2) is 0 Å². The van der Waals surface area contributed by atoms with E-state index in [1.54, 1.807) is 0 Å². The Bertz CT molecular complexity index is 686. The molecule has 3 aromatic rings. The Morgan fingerprint density at radius 3 is 2.24 bits per heavy atom. The van der Waals surface area contributed by atoms with E-state index in [0.29, 0.717) is 11.8 Å². The molecule has 2 aromatic carbocycles. The van der Waals surface area contributed by atoms with Crippen molar-refractivity contribution in [2.24, 2.45) is 0 Å². The molecule has 0 aliphatic heterocycles. The third-order valence-corrected chi connectivity index (χ3v) is 3.51. The predicted octanol–water partition coefficient (Wildman–Crippen LogP) is 0.403. The van der Waals surface area contributed by atoms with E-state index in [9.17, 15) is 0 Å². The molecule has 0 aliphatic carbocycles. The van der Waals surface area contributed by atoms with Crippen molar-refractivity contribution in [1.82, 2.24) is 5.10 Å². The highest BCUT2D eigenvalue weighted by atomic mass is 127. The van der Waals surface area contributed by atoms with Crippen molar-refractivity contribution in [2.45, 2.75) is 11.8 Å². The van der Waals surface area contributed by atoms with E-state index in [4.69, 9.17) is 4.42 Å². The number of aromatic nitrogens is 2. The molecule has 5 heteroatoms. The van der Waals surface area contributed by atoms with Crippen molar-refractivity contribution < 1.29 is 33.1 Å². The van der Waals surface area contributed by atoms with Gasteiger partial charge in [0, 0.05) is 5.56 Å². The highest BCUT2D eigenvalue weighted by molar-refractivity contribution is 7.98. The normalized spacial score (nSPS) is 10.1. The average Bonchev–Trinajstić information content (AvgIpc) is 2.92.